The van der Waals surface area contributed by atoms with Gasteiger partial charge in [0.25, 0.3) is 0 Å². The molecular weight excluding hydrogens is 751 g/mol. The van der Waals surface area contributed by atoms with Crippen LogP contribution in [0.15, 0.2) is 212 Å². The lowest BCUT2D eigenvalue weighted by Gasteiger charge is -2.12. The average molecular weight is 786 g/mol. The number of hydrogen-bond acceptors (Lipinski definition) is 1. The van der Waals surface area contributed by atoms with E-state index in [2.05, 4.69) is 221 Å². The molecule has 0 fully saturated rings. The van der Waals surface area contributed by atoms with Gasteiger partial charge in [-0.2, -0.15) is 0 Å². The number of benzene rings is 10. The van der Waals surface area contributed by atoms with Crippen molar-refractivity contribution in [2.75, 3.05) is 0 Å². The maximum absolute atomic E-state index is 5.22. The first-order chi connectivity index (χ1) is 30.7. The van der Waals surface area contributed by atoms with E-state index in [4.69, 9.17) is 4.98 Å². The minimum atomic E-state index is 0.998. The molecule has 0 aliphatic heterocycles. The Hall–Kier alpha value is -8.27. The molecule has 0 amide bonds. The van der Waals surface area contributed by atoms with E-state index in [0.717, 1.165) is 22.5 Å². The summed E-state index contributed by atoms with van der Waals surface area (Å²) in [5.74, 6) is 0. The van der Waals surface area contributed by atoms with Crippen LogP contribution in [-0.4, -0.2) is 14.1 Å². The van der Waals surface area contributed by atoms with Gasteiger partial charge in [-0.15, -0.1) is 0 Å². The highest BCUT2D eigenvalue weighted by atomic mass is 15.0. The van der Waals surface area contributed by atoms with Gasteiger partial charge >= 0.3 is 0 Å². The highest BCUT2D eigenvalue weighted by molar-refractivity contribution is 6.20. The highest BCUT2D eigenvalue weighted by Crippen LogP contribution is 2.48. The fourth-order valence-electron chi connectivity index (χ4n) is 10.6. The molecule has 13 aromatic rings. The van der Waals surface area contributed by atoms with E-state index in [9.17, 15) is 0 Å². The minimum Gasteiger partial charge on any atom is -0.309 e. The van der Waals surface area contributed by atoms with Crippen LogP contribution in [-0.2, 0) is 0 Å². The zero-order valence-electron chi connectivity index (χ0n) is 33.5. The summed E-state index contributed by atoms with van der Waals surface area (Å²) < 4.78 is 4.85. The maximum atomic E-state index is 5.22. The predicted octanol–water partition coefficient (Wildman–Crippen LogP) is 15.7. The van der Waals surface area contributed by atoms with Crippen LogP contribution in [0, 0.1) is 0 Å². The molecule has 3 heteroatoms. The average Bonchev–Trinajstić information content (AvgIpc) is 3.97. The predicted molar refractivity (Wildman–Crippen MR) is 261 cm³/mol. The van der Waals surface area contributed by atoms with Crippen molar-refractivity contribution in [3.05, 3.63) is 212 Å². The molecule has 0 atom stereocenters. The molecule has 10 aromatic carbocycles. The molecule has 0 saturated carbocycles. The van der Waals surface area contributed by atoms with E-state index < -0.39 is 0 Å². The molecule has 62 heavy (non-hydrogen) atoms. The van der Waals surface area contributed by atoms with E-state index in [-0.39, 0.29) is 0 Å². The van der Waals surface area contributed by atoms with Gasteiger partial charge in [0.1, 0.15) is 0 Å². The van der Waals surface area contributed by atoms with Crippen molar-refractivity contribution in [2.24, 2.45) is 0 Å². The molecule has 286 valence electrons. The number of pyridine rings is 1. The van der Waals surface area contributed by atoms with E-state index >= 15 is 0 Å². The Morgan fingerprint density at radius 3 is 1.79 bits per heavy atom. The van der Waals surface area contributed by atoms with Crippen molar-refractivity contribution in [2.45, 2.75) is 0 Å². The fourth-order valence-corrected chi connectivity index (χ4v) is 10.6. The van der Waals surface area contributed by atoms with Crippen molar-refractivity contribution < 1.29 is 0 Å². The number of aromatic nitrogens is 3. The van der Waals surface area contributed by atoms with Gasteiger partial charge < -0.3 is 9.13 Å². The summed E-state index contributed by atoms with van der Waals surface area (Å²) in [5, 5.41) is 11.1. The molecule has 1 aliphatic rings. The summed E-state index contributed by atoms with van der Waals surface area (Å²) in [7, 11) is 0. The van der Waals surface area contributed by atoms with Crippen LogP contribution in [0.25, 0.3) is 132 Å². The lowest BCUT2D eigenvalue weighted by atomic mass is 10.00. The Kier molecular flexibility index (Phi) is 6.83. The van der Waals surface area contributed by atoms with Crippen LogP contribution in [0.1, 0.15) is 0 Å². The molecule has 14 rings (SSSR count). The van der Waals surface area contributed by atoms with Crippen LogP contribution >= 0.6 is 0 Å². The number of fused-ring (bicyclic) bond motifs is 12. The molecule has 0 spiro atoms. The van der Waals surface area contributed by atoms with E-state index in [1.165, 1.54) is 110 Å². The lowest BCUT2D eigenvalue weighted by molar-refractivity contribution is 1.18. The van der Waals surface area contributed by atoms with E-state index in [1.54, 1.807) is 0 Å². The maximum Gasteiger partial charge on any atom is 0.0722 e. The monoisotopic (exact) mass is 785 g/mol. The standard InChI is InChI=1S/C59H35N3/c1-2-12-42(13-3-1)61-55-20-9-8-17-47(55)50-33-39(25-29-56(50)61)40-26-30-57-51(34-40)49-28-24-36-11-4-5-14-44(36)59(49)62(57)43-27-23-37-31-41(22-21-38(37)32-43)54-35-52-46-16-7-6-15-45(46)48-18-10-19-53(60-54)58(48)52/h1-35H. The first-order valence-corrected chi connectivity index (χ1v) is 21.4. The number of hydrogen-bond donors (Lipinski definition) is 0. The topological polar surface area (TPSA) is 22.8 Å². The first kappa shape index (κ1) is 33.5. The molecular formula is C59H35N3. The second kappa shape index (κ2) is 12.6. The van der Waals surface area contributed by atoms with Gasteiger partial charge in [-0.3, -0.25) is 0 Å². The van der Waals surface area contributed by atoms with Gasteiger partial charge in [0.2, 0.25) is 0 Å². The normalized spacial score (nSPS) is 12.2. The van der Waals surface area contributed by atoms with E-state index in [1.807, 2.05) is 0 Å². The summed E-state index contributed by atoms with van der Waals surface area (Å²) >= 11 is 0. The molecule has 3 heterocycles. The van der Waals surface area contributed by atoms with Crippen molar-refractivity contribution in [1.82, 2.24) is 14.1 Å². The lowest BCUT2D eigenvalue weighted by Crippen LogP contribution is -1.95. The van der Waals surface area contributed by atoms with Crippen LogP contribution in [0.4, 0.5) is 0 Å². The van der Waals surface area contributed by atoms with Gasteiger partial charge in [-0.1, -0.05) is 140 Å². The van der Waals surface area contributed by atoms with Crippen molar-refractivity contribution >= 4 is 76.1 Å². The SMILES string of the molecule is c1ccc(-n2c3ccccc3c3cc(-c4ccc5c(c4)c4ccc6ccccc6c4n5-c4ccc5cc(-c6cc7c8c(cccc8n6)-c6ccccc6-7)ccc5c4)ccc32)cc1. The van der Waals surface area contributed by atoms with Gasteiger partial charge in [-0.25, -0.2) is 4.98 Å². The second-order valence-corrected chi connectivity index (χ2v) is 16.7. The van der Waals surface area contributed by atoms with Crippen LogP contribution < -0.4 is 0 Å². The van der Waals surface area contributed by atoms with Crippen molar-refractivity contribution in [3.8, 4) is 56.0 Å². The van der Waals surface area contributed by atoms with Gasteiger partial charge in [0.15, 0.2) is 0 Å². The minimum absolute atomic E-state index is 0.998. The van der Waals surface area contributed by atoms with Crippen molar-refractivity contribution in [1.29, 1.82) is 0 Å². The van der Waals surface area contributed by atoms with E-state index in [0.29, 0.717) is 0 Å². The number of rotatable bonds is 4. The molecule has 3 nitrogen and oxygen atoms in total. The smallest absolute Gasteiger partial charge is 0.0722 e. The Balaban J connectivity index is 0.917. The molecule has 0 unspecified atom stereocenters. The molecule has 0 radical (unpaired) electrons. The number of nitrogens with zero attached hydrogens (tertiary/aromatic N) is 3. The molecule has 0 N–H and O–H groups in total. The molecule has 3 aromatic heterocycles. The summed E-state index contributed by atoms with van der Waals surface area (Å²) in [6.07, 6.45) is 0. The quantitative estimate of drug-likeness (QED) is 0.174. The third-order valence-corrected chi connectivity index (χ3v) is 13.4. The van der Waals surface area contributed by atoms with Gasteiger partial charge in [0, 0.05) is 49.3 Å². The summed E-state index contributed by atoms with van der Waals surface area (Å²) in [4.78, 5) is 5.22. The zero-order valence-corrected chi connectivity index (χ0v) is 33.5. The first-order valence-electron chi connectivity index (χ1n) is 21.4. The summed E-state index contributed by atoms with van der Waals surface area (Å²) in [5.41, 5.74) is 17.8. The van der Waals surface area contributed by atoms with Crippen molar-refractivity contribution in [3.63, 3.8) is 0 Å². The number of para-hydroxylation sites is 2. The largest absolute Gasteiger partial charge is 0.309 e. The van der Waals surface area contributed by atoms with Crippen LogP contribution in [0.5, 0.6) is 0 Å². The molecule has 0 saturated heterocycles. The van der Waals surface area contributed by atoms with Crippen LogP contribution in [0.2, 0.25) is 0 Å². The molecule has 1 aliphatic carbocycles. The Bertz CT molecular complexity index is 4040. The zero-order chi connectivity index (χ0) is 40.5. The highest BCUT2D eigenvalue weighted by Gasteiger charge is 2.23. The third kappa shape index (κ3) is 4.73. The fraction of sp³-hybridized carbons (Fsp3) is 0. The Morgan fingerprint density at radius 2 is 0.935 bits per heavy atom. The van der Waals surface area contributed by atoms with Crippen LogP contribution in [0.3, 0.4) is 0 Å². The molecule has 0 bridgehead atoms. The van der Waals surface area contributed by atoms with Gasteiger partial charge in [0.05, 0.1) is 33.3 Å². The Labute approximate surface area is 357 Å². The summed E-state index contributed by atoms with van der Waals surface area (Å²) in [6.45, 7) is 0. The summed E-state index contributed by atoms with van der Waals surface area (Å²) in [6, 6.07) is 78.0. The second-order valence-electron chi connectivity index (χ2n) is 16.7. The Morgan fingerprint density at radius 1 is 0.306 bits per heavy atom. The third-order valence-electron chi connectivity index (χ3n) is 13.4. The van der Waals surface area contributed by atoms with Gasteiger partial charge in [-0.05, 0) is 122 Å².